The minimum Gasteiger partial charge on any atom is -0.306 e. The molecule has 0 unspecified atom stereocenters. The van der Waals surface area contributed by atoms with Gasteiger partial charge in [-0.25, -0.2) is 0 Å². The van der Waals surface area contributed by atoms with Crippen LogP contribution in [0.4, 0.5) is 5.82 Å². The summed E-state index contributed by atoms with van der Waals surface area (Å²) < 4.78 is 3.91. The molecule has 1 aliphatic carbocycles. The van der Waals surface area contributed by atoms with Gasteiger partial charge in [-0.3, -0.25) is 14.4 Å². The van der Waals surface area contributed by atoms with Crippen molar-refractivity contribution in [3.8, 4) is 0 Å². The van der Waals surface area contributed by atoms with Crippen molar-refractivity contribution in [3.05, 3.63) is 18.1 Å². The fourth-order valence-electron chi connectivity index (χ4n) is 3.18. The van der Waals surface area contributed by atoms with Crippen LogP contribution in [0.1, 0.15) is 44.3 Å². The number of aromatic nitrogens is 5. The number of carbonyl (C=O) groups is 1. The van der Waals surface area contributed by atoms with Gasteiger partial charge in [-0.05, 0) is 32.6 Å². The largest absolute Gasteiger partial charge is 0.306 e. The number of nitrogens with zero attached hydrogens (tertiary/aromatic N) is 6. The van der Waals surface area contributed by atoms with E-state index in [9.17, 15) is 4.79 Å². The Balaban J connectivity index is 1.53. The summed E-state index contributed by atoms with van der Waals surface area (Å²) in [5.41, 5.74) is 0. The summed E-state index contributed by atoms with van der Waals surface area (Å²) in [5, 5.41) is 13.9. The zero-order valence-electron chi connectivity index (χ0n) is 14.1. The van der Waals surface area contributed by atoms with Gasteiger partial charge in [-0.15, -0.1) is 10.2 Å². The van der Waals surface area contributed by atoms with Gasteiger partial charge >= 0.3 is 0 Å². The monoisotopic (exact) mass is 346 g/mol. The molecular formula is C16H22N6OS. The van der Waals surface area contributed by atoms with E-state index < -0.39 is 0 Å². The van der Waals surface area contributed by atoms with Gasteiger partial charge in [0.05, 0.1) is 5.25 Å². The van der Waals surface area contributed by atoms with E-state index in [4.69, 9.17) is 0 Å². The molecule has 24 heavy (non-hydrogen) atoms. The van der Waals surface area contributed by atoms with Crippen molar-refractivity contribution >= 4 is 23.5 Å². The number of hydrogen-bond acceptors (Lipinski definition) is 5. The van der Waals surface area contributed by atoms with E-state index in [-0.39, 0.29) is 11.2 Å². The molecule has 8 heteroatoms. The Morgan fingerprint density at radius 1 is 1.29 bits per heavy atom. The van der Waals surface area contributed by atoms with Gasteiger partial charge in [-0.2, -0.15) is 5.10 Å². The first-order valence-electron chi connectivity index (χ1n) is 8.58. The van der Waals surface area contributed by atoms with Crippen molar-refractivity contribution in [1.82, 2.24) is 24.5 Å². The van der Waals surface area contributed by atoms with Crippen LogP contribution in [0, 0.1) is 0 Å². The van der Waals surface area contributed by atoms with E-state index in [1.54, 1.807) is 21.3 Å². The second kappa shape index (κ2) is 6.23. The van der Waals surface area contributed by atoms with Crippen molar-refractivity contribution in [2.24, 2.45) is 7.05 Å². The van der Waals surface area contributed by atoms with Crippen LogP contribution in [0.15, 0.2) is 17.4 Å². The predicted molar refractivity (Wildman–Crippen MR) is 92.1 cm³/mol. The molecule has 2 aromatic heterocycles. The summed E-state index contributed by atoms with van der Waals surface area (Å²) in [6, 6.07) is 1.89. The third-order valence-corrected chi connectivity index (χ3v) is 5.85. The summed E-state index contributed by atoms with van der Waals surface area (Å²) in [7, 11) is 1.87. The van der Waals surface area contributed by atoms with Gasteiger partial charge in [0.2, 0.25) is 5.91 Å². The second-order valence-corrected chi connectivity index (χ2v) is 7.62. The summed E-state index contributed by atoms with van der Waals surface area (Å²) in [4.78, 5) is 14.7. The lowest BCUT2D eigenvalue weighted by atomic mass is 10.1. The first-order valence-corrected chi connectivity index (χ1v) is 9.46. The molecule has 2 fully saturated rings. The number of anilines is 1. The fourth-order valence-corrected chi connectivity index (χ4v) is 4.39. The quantitative estimate of drug-likeness (QED) is 0.830. The number of aryl methyl sites for hydroxylation is 1. The smallest absolute Gasteiger partial charge is 0.241 e. The number of rotatable bonds is 5. The average molecular weight is 346 g/mol. The zero-order valence-corrected chi connectivity index (χ0v) is 14.9. The molecule has 2 aliphatic rings. The highest BCUT2D eigenvalue weighted by Crippen LogP contribution is 2.41. The van der Waals surface area contributed by atoms with E-state index in [0.29, 0.717) is 5.92 Å². The molecule has 2 aromatic rings. The van der Waals surface area contributed by atoms with E-state index in [1.165, 1.54) is 12.8 Å². The van der Waals surface area contributed by atoms with Crippen LogP contribution in [-0.2, 0) is 18.4 Å². The molecule has 0 bridgehead atoms. The Bertz CT molecular complexity index is 750. The predicted octanol–water partition coefficient (Wildman–Crippen LogP) is 2.20. The highest BCUT2D eigenvalue weighted by atomic mass is 32.2. The molecule has 128 valence electrons. The minimum atomic E-state index is -0.109. The molecular weight excluding hydrogens is 324 g/mol. The fraction of sp³-hybridized carbons (Fsp3) is 0.625. The van der Waals surface area contributed by atoms with Crippen LogP contribution >= 0.6 is 11.8 Å². The van der Waals surface area contributed by atoms with Crippen LogP contribution in [0.25, 0.3) is 0 Å². The SMILES string of the molecule is CCn1c(S[C@H]2CCCN(c3ccn(C)n3)C2=O)nnc1C1CC1. The van der Waals surface area contributed by atoms with Gasteiger partial charge in [-0.1, -0.05) is 11.8 Å². The molecule has 0 aromatic carbocycles. The maximum atomic E-state index is 12.9. The molecule has 1 aliphatic heterocycles. The Kier molecular flexibility index (Phi) is 4.07. The third-order valence-electron chi connectivity index (χ3n) is 4.62. The van der Waals surface area contributed by atoms with Gasteiger partial charge in [0.25, 0.3) is 0 Å². The molecule has 7 nitrogen and oxygen atoms in total. The Morgan fingerprint density at radius 3 is 2.79 bits per heavy atom. The van der Waals surface area contributed by atoms with Crippen LogP contribution in [0.2, 0.25) is 0 Å². The maximum absolute atomic E-state index is 12.9. The third kappa shape index (κ3) is 2.83. The van der Waals surface area contributed by atoms with Crippen LogP contribution < -0.4 is 4.90 Å². The Hall–Kier alpha value is -1.83. The Labute approximate surface area is 145 Å². The first kappa shape index (κ1) is 15.7. The molecule has 3 heterocycles. The molecule has 1 saturated heterocycles. The highest BCUT2D eigenvalue weighted by Gasteiger charge is 2.34. The molecule has 4 rings (SSSR count). The van der Waals surface area contributed by atoms with Crippen molar-refractivity contribution in [2.75, 3.05) is 11.4 Å². The number of hydrogen-bond donors (Lipinski definition) is 0. The number of thioether (sulfide) groups is 1. The minimum absolute atomic E-state index is 0.109. The summed E-state index contributed by atoms with van der Waals surface area (Å²) >= 11 is 1.56. The normalized spacial score (nSPS) is 21.5. The molecule has 0 N–H and O–H groups in total. The summed E-state index contributed by atoms with van der Waals surface area (Å²) in [5.74, 6) is 2.52. The van der Waals surface area contributed by atoms with Crippen molar-refractivity contribution in [3.63, 3.8) is 0 Å². The van der Waals surface area contributed by atoms with Crippen LogP contribution in [-0.4, -0.2) is 42.2 Å². The highest BCUT2D eigenvalue weighted by molar-refractivity contribution is 8.00. The second-order valence-electron chi connectivity index (χ2n) is 6.45. The van der Waals surface area contributed by atoms with Crippen LogP contribution in [0.5, 0.6) is 0 Å². The van der Waals surface area contributed by atoms with Gasteiger partial charge in [0, 0.05) is 38.3 Å². The number of amides is 1. The van der Waals surface area contributed by atoms with Gasteiger partial charge in [0.15, 0.2) is 11.0 Å². The molecule has 0 radical (unpaired) electrons. The lowest BCUT2D eigenvalue weighted by Crippen LogP contribution is -2.43. The van der Waals surface area contributed by atoms with E-state index >= 15 is 0 Å². The summed E-state index contributed by atoms with van der Waals surface area (Å²) in [6.07, 6.45) is 6.14. The standard InChI is InChI=1S/C16H22N6OS/c1-3-21-14(11-6-7-11)17-18-16(21)24-12-5-4-9-22(15(12)23)13-8-10-20(2)19-13/h8,10-12H,3-7,9H2,1-2H3/t12-/m0/s1. The molecule has 0 spiro atoms. The Morgan fingerprint density at radius 2 is 2.12 bits per heavy atom. The summed E-state index contributed by atoms with van der Waals surface area (Å²) in [6.45, 7) is 3.70. The van der Waals surface area contributed by atoms with Crippen molar-refractivity contribution in [1.29, 1.82) is 0 Å². The number of carbonyl (C=O) groups excluding carboxylic acids is 1. The topological polar surface area (TPSA) is 68.8 Å². The van der Waals surface area contributed by atoms with E-state index in [1.807, 2.05) is 19.3 Å². The van der Waals surface area contributed by atoms with Crippen LogP contribution in [0.3, 0.4) is 0 Å². The lowest BCUT2D eigenvalue weighted by Gasteiger charge is -2.30. The molecule has 1 saturated carbocycles. The van der Waals surface area contributed by atoms with E-state index in [0.717, 1.165) is 42.7 Å². The van der Waals surface area contributed by atoms with Gasteiger partial charge < -0.3 is 4.57 Å². The van der Waals surface area contributed by atoms with Crippen molar-refractivity contribution in [2.45, 2.75) is 55.5 Å². The zero-order chi connectivity index (χ0) is 16.7. The first-order chi connectivity index (χ1) is 11.7. The number of piperidine rings is 1. The van der Waals surface area contributed by atoms with E-state index in [2.05, 4.69) is 26.8 Å². The van der Waals surface area contributed by atoms with Gasteiger partial charge in [0.1, 0.15) is 5.82 Å². The average Bonchev–Trinajstić information content (AvgIpc) is 3.21. The molecule has 1 amide bonds. The maximum Gasteiger partial charge on any atom is 0.241 e. The molecule has 1 atom stereocenters. The van der Waals surface area contributed by atoms with Crippen molar-refractivity contribution < 1.29 is 4.79 Å². The lowest BCUT2D eigenvalue weighted by molar-refractivity contribution is -0.119.